The zero-order valence-corrected chi connectivity index (χ0v) is 15.1. The van der Waals surface area contributed by atoms with Gasteiger partial charge in [0, 0.05) is 17.3 Å². The van der Waals surface area contributed by atoms with Crippen LogP contribution in [0.15, 0.2) is 47.2 Å². The minimum Gasteiger partial charge on any atom is -0.492 e. The summed E-state index contributed by atoms with van der Waals surface area (Å²) in [7, 11) is 2.78. The van der Waals surface area contributed by atoms with E-state index in [9.17, 15) is 9.59 Å². The van der Waals surface area contributed by atoms with Gasteiger partial charge in [-0.1, -0.05) is 0 Å². The number of Topliss-reactive ketones (excluding diaryl/α,β-unsaturated/α-hetero) is 2. The van der Waals surface area contributed by atoms with Gasteiger partial charge in [-0.3, -0.25) is 14.6 Å². The van der Waals surface area contributed by atoms with Gasteiger partial charge in [0.15, 0.2) is 0 Å². The zero-order valence-electron chi connectivity index (χ0n) is 15.1. The van der Waals surface area contributed by atoms with Crippen molar-refractivity contribution in [3.8, 4) is 5.75 Å². The van der Waals surface area contributed by atoms with E-state index >= 15 is 0 Å². The maximum atomic E-state index is 12.7. The van der Waals surface area contributed by atoms with Gasteiger partial charge in [-0.25, -0.2) is 0 Å². The van der Waals surface area contributed by atoms with E-state index < -0.39 is 0 Å². The SMILES string of the molecule is COC1=C(OC)C(=O)C2=C(CCC(CCOc3cccnc3)CC2)C1=O. The van der Waals surface area contributed by atoms with Crippen molar-refractivity contribution in [2.75, 3.05) is 20.8 Å². The predicted molar refractivity (Wildman–Crippen MR) is 94.4 cm³/mol. The summed E-state index contributed by atoms with van der Waals surface area (Å²) in [6.45, 7) is 0.591. The predicted octanol–water partition coefficient (Wildman–Crippen LogP) is 2.99. The smallest absolute Gasteiger partial charge is 0.228 e. The molecule has 0 bridgehead atoms. The topological polar surface area (TPSA) is 74.7 Å². The van der Waals surface area contributed by atoms with E-state index in [1.807, 2.05) is 12.1 Å². The van der Waals surface area contributed by atoms with Crippen LogP contribution >= 0.6 is 0 Å². The van der Waals surface area contributed by atoms with Crippen molar-refractivity contribution in [1.82, 2.24) is 4.98 Å². The second kappa shape index (κ2) is 8.17. The van der Waals surface area contributed by atoms with Crippen LogP contribution in [0.5, 0.6) is 5.75 Å². The standard InChI is InChI=1S/C20H23NO5/c1-24-19-17(22)15-7-5-13(6-8-16(15)18(23)20(19)25-2)9-11-26-14-4-3-10-21-12-14/h3-4,10,12-13H,5-9,11H2,1-2H3. The van der Waals surface area contributed by atoms with Crippen molar-refractivity contribution < 1.29 is 23.8 Å². The molecule has 0 saturated heterocycles. The van der Waals surface area contributed by atoms with Crippen LogP contribution in [0.25, 0.3) is 0 Å². The maximum absolute atomic E-state index is 12.7. The van der Waals surface area contributed by atoms with Crippen LogP contribution in [-0.2, 0) is 19.1 Å². The van der Waals surface area contributed by atoms with Gasteiger partial charge in [0.1, 0.15) is 5.75 Å². The molecule has 0 radical (unpaired) electrons. The number of rotatable bonds is 6. The lowest BCUT2D eigenvalue weighted by molar-refractivity contribution is -0.121. The molecule has 1 aromatic rings. The van der Waals surface area contributed by atoms with Gasteiger partial charge in [-0.05, 0) is 50.2 Å². The molecule has 6 heteroatoms. The Bertz CT molecular complexity index is 711. The van der Waals surface area contributed by atoms with Crippen LogP contribution in [0.3, 0.4) is 0 Å². The summed E-state index contributed by atoms with van der Waals surface area (Å²) in [6, 6.07) is 3.71. The molecule has 26 heavy (non-hydrogen) atoms. The average molecular weight is 357 g/mol. The second-order valence-electron chi connectivity index (χ2n) is 6.45. The first-order chi connectivity index (χ1) is 12.7. The summed E-state index contributed by atoms with van der Waals surface area (Å²) in [6.07, 6.45) is 7.15. The lowest BCUT2D eigenvalue weighted by atomic mass is 9.89. The van der Waals surface area contributed by atoms with Gasteiger partial charge in [-0.2, -0.15) is 0 Å². The fraction of sp³-hybridized carbons (Fsp3) is 0.450. The second-order valence-corrected chi connectivity index (χ2v) is 6.45. The lowest BCUT2D eigenvalue weighted by Gasteiger charge is -2.20. The molecule has 0 amide bonds. The average Bonchev–Trinajstić information content (AvgIpc) is 2.88. The molecule has 0 atom stereocenters. The molecule has 0 spiro atoms. The minimum atomic E-state index is -0.216. The quantitative estimate of drug-likeness (QED) is 0.729. The Labute approximate surface area is 152 Å². The molecule has 0 unspecified atom stereocenters. The summed E-state index contributed by atoms with van der Waals surface area (Å²) in [4.78, 5) is 29.3. The third kappa shape index (κ3) is 3.64. The summed E-state index contributed by atoms with van der Waals surface area (Å²) in [5, 5.41) is 0. The van der Waals surface area contributed by atoms with E-state index in [1.54, 1.807) is 12.4 Å². The van der Waals surface area contributed by atoms with Gasteiger partial charge < -0.3 is 14.2 Å². The van der Waals surface area contributed by atoms with Crippen LogP contribution in [0, 0.1) is 5.92 Å². The number of ketones is 2. The number of carbonyl (C=O) groups excluding carboxylic acids is 2. The van der Waals surface area contributed by atoms with Crippen molar-refractivity contribution in [2.45, 2.75) is 32.1 Å². The summed E-state index contributed by atoms with van der Waals surface area (Å²) in [5.74, 6) is 0.763. The molecule has 0 aromatic carbocycles. The highest BCUT2D eigenvalue weighted by atomic mass is 16.5. The zero-order chi connectivity index (χ0) is 18.5. The van der Waals surface area contributed by atoms with Crippen LogP contribution < -0.4 is 4.74 Å². The van der Waals surface area contributed by atoms with Gasteiger partial charge >= 0.3 is 0 Å². The van der Waals surface area contributed by atoms with E-state index in [2.05, 4.69) is 4.98 Å². The van der Waals surface area contributed by atoms with Crippen LogP contribution in [0.1, 0.15) is 32.1 Å². The molecule has 0 N–H and O–H groups in total. The Hall–Kier alpha value is -2.63. The summed E-state index contributed by atoms with van der Waals surface area (Å²) >= 11 is 0. The number of methoxy groups -OCH3 is 2. The Balaban J connectivity index is 1.62. The third-order valence-electron chi connectivity index (χ3n) is 4.97. The number of allylic oxidation sites excluding steroid dienone is 2. The van der Waals surface area contributed by atoms with E-state index in [1.165, 1.54) is 14.2 Å². The third-order valence-corrected chi connectivity index (χ3v) is 4.97. The molecular formula is C20H23NO5. The van der Waals surface area contributed by atoms with Crippen molar-refractivity contribution in [2.24, 2.45) is 5.92 Å². The highest BCUT2D eigenvalue weighted by Crippen LogP contribution is 2.36. The van der Waals surface area contributed by atoms with Crippen LogP contribution in [0.2, 0.25) is 0 Å². The van der Waals surface area contributed by atoms with Crippen molar-refractivity contribution >= 4 is 11.6 Å². The van der Waals surface area contributed by atoms with E-state index in [4.69, 9.17) is 14.2 Å². The number of ether oxygens (including phenoxy) is 3. The molecule has 138 valence electrons. The highest BCUT2D eigenvalue weighted by molar-refractivity contribution is 6.23. The Kier molecular flexibility index (Phi) is 5.71. The molecule has 3 rings (SSSR count). The van der Waals surface area contributed by atoms with Gasteiger partial charge in [0.05, 0.1) is 27.0 Å². The number of aromatic nitrogens is 1. The Morgan fingerprint density at radius 1 is 1.04 bits per heavy atom. The largest absolute Gasteiger partial charge is 0.492 e. The summed E-state index contributed by atoms with van der Waals surface area (Å²) in [5.41, 5.74) is 1.17. The molecule has 1 heterocycles. The van der Waals surface area contributed by atoms with E-state index in [0.29, 0.717) is 36.5 Å². The van der Waals surface area contributed by atoms with Crippen molar-refractivity contribution in [3.05, 3.63) is 47.2 Å². The lowest BCUT2D eigenvalue weighted by Crippen LogP contribution is -2.25. The van der Waals surface area contributed by atoms with E-state index in [0.717, 1.165) is 25.0 Å². The van der Waals surface area contributed by atoms with Gasteiger partial charge in [-0.15, -0.1) is 0 Å². The molecule has 0 saturated carbocycles. The number of nitrogens with zero attached hydrogens (tertiary/aromatic N) is 1. The number of hydrogen-bond acceptors (Lipinski definition) is 6. The summed E-state index contributed by atoms with van der Waals surface area (Å²) < 4.78 is 16.0. The first-order valence-electron chi connectivity index (χ1n) is 8.82. The molecule has 2 aliphatic carbocycles. The van der Waals surface area contributed by atoms with Crippen LogP contribution in [-0.4, -0.2) is 37.4 Å². The first-order valence-corrected chi connectivity index (χ1v) is 8.82. The normalized spacial score (nSPS) is 18.5. The number of hydrogen-bond donors (Lipinski definition) is 0. The number of carbonyl (C=O) groups is 2. The van der Waals surface area contributed by atoms with Crippen molar-refractivity contribution in [3.63, 3.8) is 0 Å². The molecule has 1 aromatic heterocycles. The van der Waals surface area contributed by atoms with Crippen LogP contribution in [0.4, 0.5) is 0 Å². The fourth-order valence-electron chi connectivity index (χ4n) is 3.56. The Morgan fingerprint density at radius 3 is 2.15 bits per heavy atom. The molecule has 2 aliphatic rings. The fourth-order valence-corrected chi connectivity index (χ4v) is 3.56. The first kappa shape index (κ1) is 18.2. The molecular weight excluding hydrogens is 334 g/mol. The van der Waals surface area contributed by atoms with Gasteiger partial charge in [0.25, 0.3) is 0 Å². The van der Waals surface area contributed by atoms with E-state index in [-0.39, 0.29) is 23.1 Å². The Morgan fingerprint density at radius 2 is 1.65 bits per heavy atom. The monoisotopic (exact) mass is 357 g/mol. The molecule has 0 fully saturated rings. The van der Waals surface area contributed by atoms with Gasteiger partial charge in [0.2, 0.25) is 23.1 Å². The molecule has 0 aliphatic heterocycles. The number of pyridine rings is 1. The maximum Gasteiger partial charge on any atom is 0.228 e. The highest BCUT2D eigenvalue weighted by Gasteiger charge is 2.37. The minimum absolute atomic E-state index is 0.0228. The van der Waals surface area contributed by atoms with Crippen molar-refractivity contribution in [1.29, 1.82) is 0 Å². The molecule has 6 nitrogen and oxygen atoms in total.